The van der Waals surface area contributed by atoms with E-state index in [9.17, 15) is 9.59 Å². The molecule has 92 valence electrons. The second-order valence-electron chi connectivity index (χ2n) is 3.97. The number of rotatable bonds is 5. The first-order valence-corrected chi connectivity index (χ1v) is 5.35. The van der Waals surface area contributed by atoms with Crippen LogP contribution in [0, 0.1) is 0 Å². The second-order valence-corrected chi connectivity index (χ2v) is 3.97. The van der Waals surface area contributed by atoms with E-state index < -0.39 is 5.97 Å². The van der Waals surface area contributed by atoms with Crippen molar-refractivity contribution < 1.29 is 14.7 Å². The summed E-state index contributed by atoms with van der Waals surface area (Å²) in [5.74, 6) is -1.21. The maximum atomic E-state index is 11.5. The minimum Gasteiger partial charge on any atom is -0.478 e. The standard InChI is InChI=1S/C12H16N2O3/c1-8(2)13-7-11(15)14-10-5-3-4-9(6-10)12(16)17/h3-6,8,13H,7H2,1-2H3,(H,14,15)(H,16,17). The summed E-state index contributed by atoms with van der Waals surface area (Å²) >= 11 is 0. The van der Waals surface area contributed by atoms with Crippen molar-refractivity contribution in [2.24, 2.45) is 0 Å². The van der Waals surface area contributed by atoms with Gasteiger partial charge in [0.15, 0.2) is 0 Å². The lowest BCUT2D eigenvalue weighted by molar-refractivity contribution is -0.115. The van der Waals surface area contributed by atoms with Gasteiger partial charge in [-0.15, -0.1) is 0 Å². The molecule has 0 saturated carbocycles. The molecule has 0 aliphatic heterocycles. The zero-order valence-electron chi connectivity index (χ0n) is 9.86. The molecule has 0 radical (unpaired) electrons. The minimum absolute atomic E-state index is 0.152. The zero-order valence-corrected chi connectivity index (χ0v) is 9.86. The number of amides is 1. The highest BCUT2D eigenvalue weighted by atomic mass is 16.4. The molecule has 3 N–H and O–H groups in total. The Morgan fingerprint density at radius 3 is 2.65 bits per heavy atom. The molecule has 0 fully saturated rings. The molecule has 1 aromatic rings. The van der Waals surface area contributed by atoms with Gasteiger partial charge in [-0.05, 0) is 18.2 Å². The van der Waals surface area contributed by atoms with Gasteiger partial charge in [0, 0.05) is 11.7 Å². The van der Waals surface area contributed by atoms with Gasteiger partial charge in [-0.3, -0.25) is 4.79 Å². The molecule has 0 spiro atoms. The van der Waals surface area contributed by atoms with Crippen molar-refractivity contribution in [1.29, 1.82) is 0 Å². The molecular weight excluding hydrogens is 220 g/mol. The molecule has 0 aromatic heterocycles. The summed E-state index contributed by atoms with van der Waals surface area (Å²) in [6.45, 7) is 4.09. The van der Waals surface area contributed by atoms with Crippen LogP contribution >= 0.6 is 0 Å². The van der Waals surface area contributed by atoms with Gasteiger partial charge in [0.1, 0.15) is 0 Å². The van der Waals surface area contributed by atoms with Crippen LogP contribution in [0.3, 0.4) is 0 Å². The largest absolute Gasteiger partial charge is 0.478 e. The van der Waals surface area contributed by atoms with Crippen molar-refractivity contribution in [3.05, 3.63) is 29.8 Å². The first-order valence-electron chi connectivity index (χ1n) is 5.35. The molecule has 5 heteroatoms. The van der Waals surface area contributed by atoms with Gasteiger partial charge in [-0.2, -0.15) is 0 Å². The van der Waals surface area contributed by atoms with E-state index in [0.29, 0.717) is 5.69 Å². The third kappa shape index (κ3) is 4.65. The lowest BCUT2D eigenvalue weighted by atomic mass is 10.2. The van der Waals surface area contributed by atoms with Gasteiger partial charge in [0.05, 0.1) is 12.1 Å². The molecule has 0 aliphatic rings. The average Bonchev–Trinajstić information content (AvgIpc) is 2.26. The van der Waals surface area contributed by atoms with Crippen LogP contribution in [0.4, 0.5) is 5.69 Å². The number of carbonyl (C=O) groups excluding carboxylic acids is 1. The Kier molecular flexibility index (Phi) is 4.66. The predicted molar refractivity (Wildman–Crippen MR) is 65.2 cm³/mol. The molecular formula is C12H16N2O3. The molecule has 0 unspecified atom stereocenters. The maximum Gasteiger partial charge on any atom is 0.335 e. The first kappa shape index (κ1) is 13.2. The maximum absolute atomic E-state index is 11.5. The normalized spacial score (nSPS) is 10.3. The minimum atomic E-state index is -1.01. The fraction of sp³-hybridized carbons (Fsp3) is 0.333. The highest BCUT2D eigenvalue weighted by Crippen LogP contribution is 2.10. The van der Waals surface area contributed by atoms with E-state index in [-0.39, 0.29) is 24.1 Å². The molecule has 0 bridgehead atoms. The van der Waals surface area contributed by atoms with Crippen molar-refractivity contribution in [1.82, 2.24) is 5.32 Å². The molecule has 1 amide bonds. The van der Waals surface area contributed by atoms with Gasteiger partial charge < -0.3 is 15.7 Å². The van der Waals surface area contributed by atoms with Crippen LogP contribution in [-0.4, -0.2) is 29.6 Å². The number of hydrogen-bond donors (Lipinski definition) is 3. The van der Waals surface area contributed by atoms with Gasteiger partial charge in [0.2, 0.25) is 5.91 Å². The van der Waals surface area contributed by atoms with E-state index in [1.807, 2.05) is 13.8 Å². The predicted octanol–water partition coefficient (Wildman–Crippen LogP) is 1.32. The second kappa shape index (κ2) is 6.00. The Balaban J connectivity index is 2.59. The number of benzene rings is 1. The summed E-state index contributed by atoms with van der Waals surface area (Å²) in [5, 5.41) is 14.4. The van der Waals surface area contributed by atoms with Crippen molar-refractivity contribution >= 4 is 17.6 Å². The number of carboxylic acids is 1. The molecule has 5 nitrogen and oxygen atoms in total. The molecule has 17 heavy (non-hydrogen) atoms. The summed E-state index contributed by atoms with van der Waals surface area (Å²) in [6.07, 6.45) is 0. The lowest BCUT2D eigenvalue weighted by Crippen LogP contribution is -2.32. The lowest BCUT2D eigenvalue weighted by Gasteiger charge is -2.09. The van der Waals surface area contributed by atoms with Crippen LogP contribution in [0.5, 0.6) is 0 Å². The molecule has 0 heterocycles. The third-order valence-electron chi connectivity index (χ3n) is 2.06. The van der Waals surface area contributed by atoms with Crippen LogP contribution in [0.1, 0.15) is 24.2 Å². The van der Waals surface area contributed by atoms with Crippen molar-refractivity contribution in [3.8, 4) is 0 Å². The highest BCUT2D eigenvalue weighted by Gasteiger charge is 2.06. The van der Waals surface area contributed by atoms with E-state index in [2.05, 4.69) is 10.6 Å². The number of carboxylic acid groups (broad SMARTS) is 1. The van der Waals surface area contributed by atoms with Gasteiger partial charge in [0.25, 0.3) is 0 Å². The van der Waals surface area contributed by atoms with Crippen LogP contribution in [0.25, 0.3) is 0 Å². The van der Waals surface area contributed by atoms with Crippen molar-refractivity contribution in [2.75, 3.05) is 11.9 Å². The first-order chi connectivity index (χ1) is 7.99. The fourth-order valence-electron chi connectivity index (χ4n) is 1.23. The third-order valence-corrected chi connectivity index (χ3v) is 2.06. The molecule has 0 saturated heterocycles. The smallest absolute Gasteiger partial charge is 0.335 e. The number of hydrogen-bond acceptors (Lipinski definition) is 3. The SMILES string of the molecule is CC(C)NCC(=O)Nc1cccc(C(=O)O)c1. The number of carbonyl (C=O) groups is 2. The van der Waals surface area contributed by atoms with Crippen LogP contribution < -0.4 is 10.6 Å². The number of aromatic carboxylic acids is 1. The molecule has 0 atom stereocenters. The van der Waals surface area contributed by atoms with Gasteiger partial charge >= 0.3 is 5.97 Å². The summed E-state index contributed by atoms with van der Waals surface area (Å²) in [5.41, 5.74) is 0.639. The topological polar surface area (TPSA) is 78.4 Å². The number of anilines is 1. The monoisotopic (exact) mass is 236 g/mol. The van der Waals surface area contributed by atoms with Crippen LogP contribution in [0.2, 0.25) is 0 Å². The molecule has 1 rings (SSSR count). The van der Waals surface area contributed by atoms with Crippen LogP contribution in [0.15, 0.2) is 24.3 Å². The van der Waals surface area contributed by atoms with Gasteiger partial charge in [-0.1, -0.05) is 19.9 Å². The Morgan fingerprint density at radius 1 is 1.35 bits per heavy atom. The van der Waals surface area contributed by atoms with E-state index in [4.69, 9.17) is 5.11 Å². The summed E-state index contributed by atoms with van der Waals surface area (Å²) in [7, 11) is 0. The molecule has 1 aromatic carbocycles. The molecule has 0 aliphatic carbocycles. The van der Waals surface area contributed by atoms with Gasteiger partial charge in [-0.25, -0.2) is 4.79 Å². The fourth-order valence-corrected chi connectivity index (χ4v) is 1.23. The summed E-state index contributed by atoms with van der Waals surface area (Å²) in [6, 6.07) is 6.38. The number of nitrogens with one attached hydrogen (secondary N) is 2. The van der Waals surface area contributed by atoms with E-state index in [0.717, 1.165) is 0 Å². The average molecular weight is 236 g/mol. The summed E-state index contributed by atoms with van der Waals surface area (Å²) in [4.78, 5) is 22.2. The van der Waals surface area contributed by atoms with Crippen molar-refractivity contribution in [3.63, 3.8) is 0 Å². The highest BCUT2D eigenvalue weighted by molar-refractivity contribution is 5.94. The van der Waals surface area contributed by atoms with E-state index in [1.165, 1.54) is 12.1 Å². The Labute approximate surface area is 99.8 Å². The Bertz CT molecular complexity index is 416. The quantitative estimate of drug-likeness (QED) is 0.720. The Hall–Kier alpha value is -1.88. The van der Waals surface area contributed by atoms with E-state index in [1.54, 1.807) is 12.1 Å². The Morgan fingerprint density at radius 2 is 2.06 bits per heavy atom. The van der Waals surface area contributed by atoms with E-state index >= 15 is 0 Å². The summed E-state index contributed by atoms with van der Waals surface area (Å²) < 4.78 is 0. The zero-order chi connectivity index (χ0) is 12.8. The van der Waals surface area contributed by atoms with Crippen LogP contribution in [-0.2, 0) is 4.79 Å². The van der Waals surface area contributed by atoms with Crippen molar-refractivity contribution in [2.45, 2.75) is 19.9 Å².